The second-order valence-electron chi connectivity index (χ2n) is 8.45. The first kappa shape index (κ1) is 21.4. The standard InChI is InChI=1S/C23H26FN7O2/c1-14-10-31-12-16(9-19(24)22(31)26-14)27-23(33)17-3-4-20(18-13-29(2)28-21(17)18)30-7-5-15(11-30)25-6-8-32/h3-4,9-10,12-13,15,25,32H,5-8,11H2,1-2H3,(H,27,33)/t15-/m1/s1. The first-order chi connectivity index (χ1) is 15.9. The Morgan fingerprint density at radius 3 is 2.97 bits per heavy atom. The molecule has 1 fully saturated rings. The lowest BCUT2D eigenvalue weighted by Crippen LogP contribution is -2.34. The lowest BCUT2D eigenvalue weighted by molar-refractivity contribution is 0.102. The highest BCUT2D eigenvalue weighted by atomic mass is 19.1. The molecule has 0 unspecified atom stereocenters. The topological polar surface area (TPSA) is 99.7 Å². The Labute approximate surface area is 189 Å². The van der Waals surface area contributed by atoms with Crippen LogP contribution in [0.2, 0.25) is 0 Å². The predicted octanol–water partition coefficient (Wildman–Crippen LogP) is 2.08. The minimum Gasteiger partial charge on any atom is -0.395 e. The summed E-state index contributed by atoms with van der Waals surface area (Å²) in [4.78, 5) is 19.6. The molecule has 5 rings (SSSR count). The zero-order valence-electron chi connectivity index (χ0n) is 18.5. The number of carbonyl (C=O) groups is 1. The van der Waals surface area contributed by atoms with Crippen molar-refractivity contribution in [1.82, 2.24) is 24.5 Å². The van der Waals surface area contributed by atoms with Crippen LogP contribution >= 0.6 is 0 Å². The van der Waals surface area contributed by atoms with Gasteiger partial charge in [-0.2, -0.15) is 5.10 Å². The number of aryl methyl sites for hydroxylation is 2. The average molecular weight is 452 g/mol. The number of anilines is 2. The molecule has 1 aliphatic heterocycles. The summed E-state index contributed by atoms with van der Waals surface area (Å²) in [7, 11) is 1.83. The number of rotatable bonds is 6. The van der Waals surface area contributed by atoms with E-state index in [-0.39, 0.29) is 18.2 Å². The van der Waals surface area contributed by atoms with Crippen molar-refractivity contribution in [1.29, 1.82) is 0 Å². The SMILES string of the molecule is Cc1cn2cc(NC(=O)c3ccc(N4CC[C@@H](NCCO)C4)c4cn(C)nc34)cc(F)c2n1. The fourth-order valence-corrected chi connectivity index (χ4v) is 4.53. The van der Waals surface area contributed by atoms with Crippen LogP contribution in [0.1, 0.15) is 22.5 Å². The van der Waals surface area contributed by atoms with Crippen molar-refractivity contribution in [2.75, 3.05) is 36.5 Å². The van der Waals surface area contributed by atoms with E-state index in [1.807, 2.05) is 19.3 Å². The van der Waals surface area contributed by atoms with Crippen LogP contribution < -0.4 is 15.5 Å². The molecule has 1 atom stereocenters. The largest absolute Gasteiger partial charge is 0.395 e. The molecular weight excluding hydrogens is 425 g/mol. The van der Waals surface area contributed by atoms with E-state index in [9.17, 15) is 9.18 Å². The van der Waals surface area contributed by atoms with Gasteiger partial charge in [-0.1, -0.05) is 0 Å². The fraction of sp³-hybridized carbons (Fsp3) is 0.348. The number of amides is 1. The van der Waals surface area contributed by atoms with Gasteiger partial charge in [-0.25, -0.2) is 9.37 Å². The minimum atomic E-state index is -0.502. The number of fused-ring (bicyclic) bond motifs is 2. The van der Waals surface area contributed by atoms with E-state index in [0.29, 0.717) is 35.0 Å². The fourth-order valence-electron chi connectivity index (χ4n) is 4.53. The van der Waals surface area contributed by atoms with Crippen LogP contribution in [0.3, 0.4) is 0 Å². The summed E-state index contributed by atoms with van der Waals surface area (Å²) in [5.41, 5.74) is 3.29. The number of imidazole rings is 1. The van der Waals surface area contributed by atoms with Crippen molar-refractivity contribution in [2.45, 2.75) is 19.4 Å². The number of benzene rings is 1. The Balaban J connectivity index is 1.43. The van der Waals surface area contributed by atoms with Crippen LogP contribution in [-0.4, -0.2) is 62.5 Å². The van der Waals surface area contributed by atoms with Gasteiger partial charge in [-0.3, -0.25) is 9.48 Å². The van der Waals surface area contributed by atoms with Crippen LogP contribution in [0.25, 0.3) is 16.6 Å². The highest BCUT2D eigenvalue weighted by Crippen LogP contribution is 2.31. The summed E-state index contributed by atoms with van der Waals surface area (Å²) in [6.07, 6.45) is 6.24. The first-order valence-electron chi connectivity index (χ1n) is 10.9. The van der Waals surface area contributed by atoms with Crippen LogP contribution in [-0.2, 0) is 7.05 Å². The van der Waals surface area contributed by atoms with Gasteiger partial charge in [0.15, 0.2) is 11.5 Å². The number of nitrogens with one attached hydrogen (secondary N) is 2. The Morgan fingerprint density at radius 2 is 2.15 bits per heavy atom. The highest BCUT2D eigenvalue weighted by Gasteiger charge is 2.25. The Bertz CT molecular complexity index is 1350. The minimum absolute atomic E-state index is 0.116. The molecule has 0 aliphatic carbocycles. The van der Waals surface area contributed by atoms with E-state index < -0.39 is 5.82 Å². The second kappa shape index (κ2) is 8.45. The monoisotopic (exact) mass is 451 g/mol. The Kier molecular flexibility index (Phi) is 5.47. The van der Waals surface area contributed by atoms with Gasteiger partial charge in [0.1, 0.15) is 5.52 Å². The van der Waals surface area contributed by atoms with E-state index in [0.717, 1.165) is 30.6 Å². The van der Waals surface area contributed by atoms with Gasteiger partial charge in [0.25, 0.3) is 5.91 Å². The second-order valence-corrected chi connectivity index (χ2v) is 8.45. The molecule has 4 heterocycles. The van der Waals surface area contributed by atoms with Crippen LogP contribution in [0.4, 0.5) is 15.8 Å². The quantitative estimate of drug-likeness (QED) is 0.415. The van der Waals surface area contributed by atoms with Crippen LogP contribution in [0, 0.1) is 12.7 Å². The molecular formula is C23H26FN7O2. The maximum Gasteiger partial charge on any atom is 0.257 e. The molecule has 3 N–H and O–H groups in total. The van der Waals surface area contributed by atoms with Gasteiger partial charge in [0, 0.05) is 68.5 Å². The lowest BCUT2D eigenvalue weighted by Gasteiger charge is -2.20. The molecule has 10 heteroatoms. The van der Waals surface area contributed by atoms with E-state index in [4.69, 9.17) is 5.11 Å². The van der Waals surface area contributed by atoms with Crippen molar-refractivity contribution in [3.63, 3.8) is 0 Å². The summed E-state index contributed by atoms with van der Waals surface area (Å²) >= 11 is 0. The maximum atomic E-state index is 14.4. The number of aromatic nitrogens is 4. The Morgan fingerprint density at radius 1 is 1.30 bits per heavy atom. The number of aliphatic hydroxyl groups excluding tert-OH is 1. The molecule has 0 bridgehead atoms. The van der Waals surface area contributed by atoms with E-state index in [1.54, 1.807) is 34.5 Å². The zero-order valence-corrected chi connectivity index (χ0v) is 18.5. The molecule has 0 spiro atoms. The van der Waals surface area contributed by atoms with Gasteiger partial charge < -0.3 is 25.0 Å². The smallest absolute Gasteiger partial charge is 0.257 e. The molecule has 172 valence electrons. The molecule has 0 saturated carbocycles. The molecule has 9 nitrogen and oxygen atoms in total. The van der Waals surface area contributed by atoms with Crippen LogP contribution in [0.5, 0.6) is 0 Å². The molecule has 1 amide bonds. The summed E-state index contributed by atoms with van der Waals surface area (Å²) in [6, 6.07) is 5.29. The van der Waals surface area contributed by atoms with E-state index >= 15 is 0 Å². The summed E-state index contributed by atoms with van der Waals surface area (Å²) in [5.74, 6) is -0.859. The predicted molar refractivity (Wildman–Crippen MR) is 124 cm³/mol. The number of hydrogen-bond acceptors (Lipinski definition) is 6. The molecule has 3 aromatic heterocycles. The van der Waals surface area contributed by atoms with E-state index in [2.05, 4.69) is 25.6 Å². The first-order valence-corrected chi connectivity index (χ1v) is 10.9. The highest BCUT2D eigenvalue weighted by molar-refractivity contribution is 6.13. The van der Waals surface area contributed by atoms with Gasteiger partial charge in [-0.15, -0.1) is 0 Å². The zero-order chi connectivity index (χ0) is 23.1. The maximum absolute atomic E-state index is 14.4. The van der Waals surface area contributed by atoms with Gasteiger partial charge in [0.05, 0.1) is 23.6 Å². The average Bonchev–Trinajstić information content (AvgIpc) is 3.48. The lowest BCUT2D eigenvalue weighted by atomic mass is 10.1. The summed E-state index contributed by atoms with van der Waals surface area (Å²) in [5, 5.41) is 20.6. The third-order valence-electron chi connectivity index (χ3n) is 5.97. The van der Waals surface area contributed by atoms with Gasteiger partial charge >= 0.3 is 0 Å². The molecule has 4 aromatic rings. The van der Waals surface area contributed by atoms with Crippen molar-refractivity contribution >= 4 is 33.8 Å². The van der Waals surface area contributed by atoms with Gasteiger partial charge in [-0.05, 0) is 25.5 Å². The number of nitrogens with zero attached hydrogens (tertiary/aromatic N) is 5. The molecule has 1 saturated heterocycles. The molecule has 1 aromatic carbocycles. The number of carbonyl (C=O) groups excluding carboxylic acids is 1. The van der Waals surface area contributed by atoms with Crippen LogP contribution in [0.15, 0.2) is 36.8 Å². The summed E-state index contributed by atoms with van der Waals surface area (Å²) in [6.45, 7) is 4.17. The number of aliphatic hydroxyl groups is 1. The van der Waals surface area contributed by atoms with Crippen molar-refractivity contribution in [3.05, 3.63) is 53.9 Å². The third kappa shape index (κ3) is 4.03. The molecule has 33 heavy (non-hydrogen) atoms. The third-order valence-corrected chi connectivity index (χ3v) is 5.97. The molecule has 1 aliphatic rings. The van der Waals surface area contributed by atoms with Crippen molar-refractivity contribution in [2.24, 2.45) is 7.05 Å². The summed E-state index contributed by atoms with van der Waals surface area (Å²) < 4.78 is 17.7. The number of pyridine rings is 1. The van der Waals surface area contributed by atoms with Crippen molar-refractivity contribution < 1.29 is 14.3 Å². The Hall–Kier alpha value is -3.50. The number of hydrogen-bond donors (Lipinski definition) is 3. The molecule has 0 radical (unpaired) electrons. The van der Waals surface area contributed by atoms with E-state index in [1.165, 1.54) is 6.07 Å². The number of halogens is 1. The normalized spacial score (nSPS) is 16.2. The van der Waals surface area contributed by atoms with Gasteiger partial charge in [0.2, 0.25) is 0 Å². The van der Waals surface area contributed by atoms with Crippen molar-refractivity contribution in [3.8, 4) is 0 Å².